The molecule has 0 radical (unpaired) electrons. The Morgan fingerprint density at radius 1 is 1.03 bits per heavy atom. The van der Waals surface area contributed by atoms with E-state index in [9.17, 15) is 4.39 Å². The topological polar surface area (TPSA) is 36.3 Å². The lowest BCUT2D eigenvalue weighted by Crippen LogP contribution is -2.49. The van der Waals surface area contributed by atoms with Crippen LogP contribution in [0.15, 0.2) is 60.9 Å². The monoisotopic (exact) mass is 423 g/mol. The molecule has 156 valence electrons. The third-order valence-corrected chi connectivity index (χ3v) is 5.82. The molecule has 5 nitrogen and oxygen atoms in total. The Balaban J connectivity index is 1.26. The van der Waals surface area contributed by atoms with Crippen molar-refractivity contribution in [1.29, 1.82) is 0 Å². The van der Waals surface area contributed by atoms with Crippen LogP contribution >= 0.6 is 12.2 Å². The van der Waals surface area contributed by atoms with Crippen molar-refractivity contribution in [1.82, 2.24) is 19.6 Å². The van der Waals surface area contributed by atoms with Crippen molar-refractivity contribution >= 4 is 23.0 Å². The molecule has 2 aromatic carbocycles. The van der Waals surface area contributed by atoms with Gasteiger partial charge in [0.05, 0.1) is 18.4 Å². The van der Waals surface area contributed by atoms with Crippen LogP contribution in [-0.4, -0.2) is 50.9 Å². The van der Waals surface area contributed by atoms with Gasteiger partial charge in [0.2, 0.25) is 0 Å². The molecule has 1 aromatic heterocycles. The first kappa shape index (κ1) is 20.5. The highest BCUT2D eigenvalue weighted by Gasteiger charge is 2.19. The first-order valence-corrected chi connectivity index (χ1v) is 10.6. The normalized spacial score (nSPS) is 14.7. The van der Waals surface area contributed by atoms with Crippen molar-refractivity contribution in [3.8, 4) is 0 Å². The minimum atomic E-state index is -0.231. The smallest absolute Gasteiger partial charge is 0.173 e. The molecule has 1 aliphatic rings. The summed E-state index contributed by atoms with van der Waals surface area (Å²) in [6, 6.07) is 15.0. The van der Waals surface area contributed by atoms with Gasteiger partial charge in [0, 0.05) is 38.9 Å². The summed E-state index contributed by atoms with van der Waals surface area (Å²) in [7, 11) is 0. The molecule has 0 unspecified atom stereocenters. The Labute approximate surface area is 182 Å². The molecular weight excluding hydrogens is 397 g/mol. The second-order valence-corrected chi connectivity index (χ2v) is 8.06. The van der Waals surface area contributed by atoms with Gasteiger partial charge in [-0.3, -0.25) is 9.58 Å². The van der Waals surface area contributed by atoms with Crippen molar-refractivity contribution in [2.45, 2.75) is 20.0 Å². The zero-order chi connectivity index (χ0) is 20.9. The second-order valence-electron chi connectivity index (χ2n) is 7.67. The van der Waals surface area contributed by atoms with E-state index >= 15 is 0 Å². The lowest BCUT2D eigenvalue weighted by molar-refractivity contribution is 0.176. The number of piperazine rings is 1. The molecule has 3 aromatic rings. The van der Waals surface area contributed by atoms with Gasteiger partial charge >= 0.3 is 0 Å². The summed E-state index contributed by atoms with van der Waals surface area (Å²) in [4.78, 5) is 4.68. The molecular formula is C23H26FN5S. The highest BCUT2D eigenvalue weighted by Crippen LogP contribution is 2.14. The Morgan fingerprint density at radius 2 is 1.77 bits per heavy atom. The fourth-order valence-electron chi connectivity index (χ4n) is 3.63. The highest BCUT2D eigenvalue weighted by atomic mass is 32.1. The summed E-state index contributed by atoms with van der Waals surface area (Å²) in [5.41, 5.74) is 4.60. The number of aromatic nitrogens is 2. The van der Waals surface area contributed by atoms with E-state index in [1.54, 1.807) is 18.3 Å². The average molecular weight is 424 g/mol. The van der Waals surface area contributed by atoms with Crippen molar-refractivity contribution in [2.24, 2.45) is 0 Å². The minimum Gasteiger partial charge on any atom is -0.346 e. The fraction of sp³-hybridized carbons (Fsp3) is 0.304. The number of thiocarbonyl (C=S) groups is 1. The summed E-state index contributed by atoms with van der Waals surface area (Å²) in [5, 5.41) is 8.40. The average Bonchev–Trinajstić information content (AvgIpc) is 3.18. The maximum atomic E-state index is 13.0. The summed E-state index contributed by atoms with van der Waals surface area (Å²) >= 11 is 5.62. The summed E-state index contributed by atoms with van der Waals surface area (Å²) in [6.07, 6.45) is 3.69. The molecule has 0 aliphatic carbocycles. The van der Waals surface area contributed by atoms with Gasteiger partial charge in [-0.05, 0) is 48.0 Å². The summed E-state index contributed by atoms with van der Waals surface area (Å²) < 4.78 is 14.9. The van der Waals surface area contributed by atoms with E-state index in [4.69, 9.17) is 12.2 Å². The van der Waals surface area contributed by atoms with Gasteiger partial charge in [0.15, 0.2) is 5.11 Å². The molecule has 0 bridgehead atoms. The van der Waals surface area contributed by atoms with Gasteiger partial charge in [0.1, 0.15) is 5.82 Å². The first-order chi connectivity index (χ1) is 14.6. The number of halogens is 1. The van der Waals surface area contributed by atoms with Crippen LogP contribution in [0, 0.1) is 12.7 Å². The van der Waals surface area contributed by atoms with E-state index in [0.29, 0.717) is 6.54 Å². The van der Waals surface area contributed by atoms with Crippen LogP contribution in [0.25, 0.3) is 0 Å². The summed E-state index contributed by atoms with van der Waals surface area (Å²) in [5.74, 6) is -0.231. The predicted octanol–water partition coefficient (Wildman–Crippen LogP) is 3.89. The third-order valence-electron chi connectivity index (χ3n) is 5.46. The van der Waals surface area contributed by atoms with Crippen LogP contribution < -0.4 is 5.32 Å². The predicted molar refractivity (Wildman–Crippen MR) is 122 cm³/mol. The number of nitrogens with one attached hydrogen (secondary N) is 1. The SMILES string of the molecule is Cc1ccccc1CN1CCN(C(=S)Nc2cnn(Cc3ccc(F)cc3)c2)CC1. The molecule has 0 saturated carbocycles. The minimum absolute atomic E-state index is 0.231. The molecule has 7 heteroatoms. The largest absolute Gasteiger partial charge is 0.346 e. The molecule has 1 aliphatic heterocycles. The van der Waals surface area contributed by atoms with E-state index in [-0.39, 0.29) is 5.82 Å². The van der Waals surface area contributed by atoms with Crippen LogP contribution in [0.1, 0.15) is 16.7 Å². The Morgan fingerprint density at radius 3 is 2.50 bits per heavy atom. The van der Waals surface area contributed by atoms with Gasteiger partial charge in [-0.25, -0.2) is 4.39 Å². The number of benzene rings is 2. The van der Waals surface area contributed by atoms with Gasteiger partial charge in [0.25, 0.3) is 0 Å². The fourth-order valence-corrected chi connectivity index (χ4v) is 3.93. The van der Waals surface area contributed by atoms with E-state index in [2.05, 4.69) is 51.4 Å². The third kappa shape index (κ3) is 5.23. The lowest BCUT2D eigenvalue weighted by atomic mass is 10.1. The van der Waals surface area contributed by atoms with Gasteiger partial charge < -0.3 is 10.2 Å². The number of anilines is 1. The summed E-state index contributed by atoms with van der Waals surface area (Å²) in [6.45, 7) is 7.52. The Bertz CT molecular complexity index is 993. The van der Waals surface area contributed by atoms with E-state index in [0.717, 1.165) is 49.1 Å². The number of aryl methyl sites for hydroxylation is 1. The van der Waals surface area contributed by atoms with Crippen LogP contribution in [0.4, 0.5) is 10.1 Å². The molecule has 0 amide bonds. The molecule has 1 fully saturated rings. The van der Waals surface area contributed by atoms with E-state index in [1.165, 1.54) is 23.3 Å². The van der Waals surface area contributed by atoms with E-state index in [1.807, 2.05) is 10.9 Å². The van der Waals surface area contributed by atoms with Crippen LogP contribution in [0.5, 0.6) is 0 Å². The second kappa shape index (κ2) is 9.36. The Hall–Kier alpha value is -2.77. The zero-order valence-electron chi connectivity index (χ0n) is 17.1. The molecule has 0 atom stereocenters. The number of rotatable bonds is 5. The van der Waals surface area contributed by atoms with Crippen molar-refractivity contribution in [2.75, 3.05) is 31.5 Å². The number of nitrogens with zero attached hydrogens (tertiary/aromatic N) is 4. The number of hydrogen-bond donors (Lipinski definition) is 1. The number of hydrogen-bond acceptors (Lipinski definition) is 3. The quantitative estimate of drug-likeness (QED) is 0.630. The highest BCUT2D eigenvalue weighted by molar-refractivity contribution is 7.80. The Kier molecular flexibility index (Phi) is 6.40. The maximum Gasteiger partial charge on any atom is 0.173 e. The maximum absolute atomic E-state index is 13.0. The zero-order valence-corrected chi connectivity index (χ0v) is 17.9. The van der Waals surface area contributed by atoms with Crippen molar-refractivity contribution in [3.63, 3.8) is 0 Å². The molecule has 0 spiro atoms. The van der Waals surface area contributed by atoms with Gasteiger partial charge in [-0.1, -0.05) is 36.4 Å². The van der Waals surface area contributed by atoms with E-state index < -0.39 is 0 Å². The molecule has 2 heterocycles. The van der Waals surface area contributed by atoms with Crippen LogP contribution in [0.2, 0.25) is 0 Å². The molecule has 4 rings (SSSR count). The first-order valence-electron chi connectivity index (χ1n) is 10.2. The molecule has 1 saturated heterocycles. The molecule has 30 heavy (non-hydrogen) atoms. The van der Waals surface area contributed by atoms with Crippen LogP contribution in [0.3, 0.4) is 0 Å². The molecule has 1 N–H and O–H groups in total. The standard InChI is InChI=1S/C23H26FN5S/c1-18-4-2-3-5-20(18)16-27-10-12-28(13-11-27)23(30)26-22-14-25-29(17-22)15-19-6-8-21(24)9-7-19/h2-9,14,17H,10-13,15-16H2,1H3,(H,26,30). The van der Waals surface area contributed by atoms with Crippen molar-refractivity contribution in [3.05, 3.63) is 83.4 Å². The van der Waals surface area contributed by atoms with Crippen LogP contribution in [-0.2, 0) is 13.1 Å². The van der Waals surface area contributed by atoms with Gasteiger partial charge in [-0.2, -0.15) is 5.10 Å². The van der Waals surface area contributed by atoms with Crippen molar-refractivity contribution < 1.29 is 4.39 Å². The lowest BCUT2D eigenvalue weighted by Gasteiger charge is -2.36. The van der Waals surface area contributed by atoms with Gasteiger partial charge in [-0.15, -0.1) is 0 Å².